The maximum atomic E-state index is 11.1. The zero-order valence-electron chi connectivity index (χ0n) is 8.18. The Hall–Kier alpha value is -1.67. The zero-order chi connectivity index (χ0) is 11.7. The first kappa shape index (κ1) is 10.8. The van der Waals surface area contributed by atoms with Crippen LogP contribution in [0.2, 0.25) is 0 Å². The van der Waals surface area contributed by atoms with E-state index in [1.807, 2.05) is 0 Å². The van der Waals surface area contributed by atoms with Gasteiger partial charge in [0.05, 0.1) is 16.7 Å². The van der Waals surface area contributed by atoms with Gasteiger partial charge < -0.3 is 9.84 Å². The first-order valence-corrected chi connectivity index (χ1v) is 5.34. The first-order chi connectivity index (χ1) is 7.63. The van der Waals surface area contributed by atoms with Gasteiger partial charge in [0.1, 0.15) is 0 Å². The van der Waals surface area contributed by atoms with Crippen molar-refractivity contribution in [2.75, 3.05) is 11.4 Å². The molecule has 2 rings (SSSR count). The number of halogens is 1. The van der Waals surface area contributed by atoms with E-state index in [0.717, 1.165) is 0 Å². The molecule has 0 radical (unpaired) electrons. The van der Waals surface area contributed by atoms with Gasteiger partial charge in [-0.1, -0.05) is 12.0 Å². The Balaban J connectivity index is 2.51. The average molecular weight is 282 g/mol. The predicted octanol–water partition coefficient (Wildman–Crippen LogP) is 2.33. The summed E-state index contributed by atoms with van der Waals surface area (Å²) in [7, 11) is 0. The third-order valence-electron chi connectivity index (χ3n) is 2.26. The number of hydrogen-bond donors (Lipinski definition) is 1. The minimum Gasteiger partial charge on any atom is -0.472 e. The number of para-hydroxylation sites is 1. The Morgan fingerprint density at radius 3 is 3.06 bits per heavy atom. The van der Waals surface area contributed by atoms with Crippen LogP contribution in [0, 0.1) is 12.3 Å². The van der Waals surface area contributed by atoms with E-state index >= 15 is 0 Å². The molecular weight excluding hydrogens is 274 g/mol. The number of terminal acetylenes is 1. The molecule has 0 saturated heterocycles. The van der Waals surface area contributed by atoms with E-state index in [9.17, 15) is 4.79 Å². The molecule has 1 aliphatic heterocycles. The van der Waals surface area contributed by atoms with Crippen molar-refractivity contribution >= 4 is 27.7 Å². The summed E-state index contributed by atoms with van der Waals surface area (Å²) in [6, 6.07) is 5.21. The second-order valence-corrected chi connectivity index (χ2v) is 4.11. The molecule has 0 aromatic heterocycles. The van der Waals surface area contributed by atoms with E-state index in [1.165, 1.54) is 4.90 Å². The molecule has 0 fully saturated rings. The van der Waals surface area contributed by atoms with Crippen molar-refractivity contribution in [3.63, 3.8) is 0 Å². The number of rotatable bonds is 0. The highest BCUT2D eigenvalue weighted by Gasteiger charge is 2.29. The quantitative estimate of drug-likeness (QED) is 0.743. The molecule has 1 heterocycles. The van der Waals surface area contributed by atoms with Gasteiger partial charge in [0.25, 0.3) is 0 Å². The molecule has 5 heteroatoms. The van der Waals surface area contributed by atoms with Gasteiger partial charge in [-0.25, -0.2) is 4.79 Å². The average Bonchev–Trinajstić information content (AvgIpc) is 2.28. The van der Waals surface area contributed by atoms with Gasteiger partial charge >= 0.3 is 6.09 Å². The van der Waals surface area contributed by atoms with Crippen molar-refractivity contribution < 1.29 is 14.6 Å². The van der Waals surface area contributed by atoms with Gasteiger partial charge in [-0.2, -0.15) is 0 Å². The van der Waals surface area contributed by atoms with Gasteiger partial charge in [0.2, 0.25) is 0 Å². The third kappa shape index (κ3) is 1.72. The molecule has 0 bridgehead atoms. The topological polar surface area (TPSA) is 49.8 Å². The van der Waals surface area contributed by atoms with E-state index in [0.29, 0.717) is 15.9 Å². The maximum absolute atomic E-state index is 11.1. The summed E-state index contributed by atoms with van der Waals surface area (Å²) in [5, 5.41) is 9.08. The third-order valence-corrected chi connectivity index (χ3v) is 2.89. The predicted molar refractivity (Wildman–Crippen MR) is 62.8 cm³/mol. The Morgan fingerprint density at radius 2 is 2.44 bits per heavy atom. The van der Waals surface area contributed by atoms with Crippen LogP contribution in [0.1, 0.15) is 0 Å². The van der Waals surface area contributed by atoms with Crippen LogP contribution in [-0.4, -0.2) is 23.8 Å². The van der Waals surface area contributed by atoms with Crippen molar-refractivity contribution in [1.29, 1.82) is 0 Å². The fourth-order valence-electron chi connectivity index (χ4n) is 1.54. The van der Waals surface area contributed by atoms with Crippen LogP contribution < -0.4 is 9.64 Å². The molecule has 16 heavy (non-hydrogen) atoms. The lowest BCUT2D eigenvalue weighted by molar-refractivity contribution is 0.190. The SMILES string of the molecule is C#CC1CN(C(=O)O)c2cccc(Br)c2O1. The highest BCUT2D eigenvalue weighted by Crippen LogP contribution is 2.39. The van der Waals surface area contributed by atoms with Crippen LogP contribution in [0.3, 0.4) is 0 Å². The number of anilines is 1. The lowest BCUT2D eigenvalue weighted by atomic mass is 10.2. The van der Waals surface area contributed by atoms with Gasteiger partial charge in [0, 0.05) is 0 Å². The van der Waals surface area contributed by atoms with E-state index in [1.54, 1.807) is 18.2 Å². The second-order valence-electron chi connectivity index (χ2n) is 3.25. The number of fused-ring (bicyclic) bond motifs is 1. The molecule has 82 valence electrons. The fraction of sp³-hybridized carbons (Fsp3) is 0.182. The van der Waals surface area contributed by atoms with Crippen LogP contribution >= 0.6 is 15.9 Å². The molecule has 1 atom stereocenters. The normalized spacial score (nSPS) is 18.2. The largest absolute Gasteiger partial charge is 0.472 e. The molecule has 1 aromatic carbocycles. The van der Waals surface area contributed by atoms with E-state index in [2.05, 4.69) is 21.9 Å². The van der Waals surface area contributed by atoms with Crippen molar-refractivity contribution in [2.45, 2.75) is 6.10 Å². The Morgan fingerprint density at radius 1 is 1.69 bits per heavy atom. The summed E-state index contributed by atoms with van der Waals surface area (Å²) in [5.41, 5.74) is 0.508. The van der Waals surface area contributed by atoms with Crippen molar-refractivity contribution in [1.82, 2.24) is 0 Å². The molecule has 0 saturated carbocycles. The summed E-state index contributed by atoms with van der Waals surface area (Å²) in [4.78, 5) is 12.3. The molecular formula is C11H8BrNO3. The molecule has 0 spiro atoms. The number of hydrogen-bond acceptors (Lipinski definition) is 2. The number of amides is 1. The van der Waals surface area contributed by atoms with Crippen LogP contribution in [-0.2, 0) is 0 Å². The molecule has 1 aromatic rings. The summed E-state index contributed by atoms with van der Waals surface area (Å²) < 4.78 is 6.20. The molecule has 0 aliphatic carbocycles. The van der Waals surface area contributed by atoms with Crippen LogP contribution in [0.15, 0.2) is 22.7 Å². The zero-order valence-corrected chi connectivity index (χ0v) is 9.77. The maximum Gasteiger partial charge on any atom is 0.412 e. The molecule has 1 amide bonds. The molecule has 4 nitrogen and oxygen atoms in total. The molecule has 1 N–H and O–H groups in total. The fourth-order valence-corrected chi connectivity index (χ4v) is 1.99. The lowest BCUT2D eigenvalue weighted by Gasteiger charge is -2.31. The number of carboxylic acid groups (broad SMARTS) is 1. The van der Waals surface area contributed by atoms with Crippen LogP contribution in [0.25, 0.3) is 0 Å². The van der Waals surface area contributed by atoms with Crippen molar-refractivity contribution in [2.24, 2.45) is 0 Å². The van der Waals surface area contributed by atoms with Gasteiger partial charge in [-0.15, -0.1) is 6.42 Å². The number of ether oxygens (including phenoxy) is 1. The summed E-state index contributed by atoms with van der Waals surface area (Å²) >= 11 is 3.30. The Kier molecular flexibility index (Phi) is 2.75. The number of benzene rings is 1. The molecule has 1 aliphatic rings. The first-order valence-electron chi connectivity index (χ1n) is 4.55. The minimum absolute atomic E-state index is 0.148. The monoisotopic (exact) mass is 281 g/mol. The van der Waals surface area contributed by atoms with E-state index in [4.69, 9.17) is 16.3 Å². The second kappa shape index (κ2) is 4.06. The molecule has 1 unspecified atom stereocenters. The van der Waals surface area contributed by atoms with E-state index < -0.39 is 12.2 Å². The summed E-state index contributed by atoms with van der Waals surface area (Å²) in [6.45, 7) is 0.148. The van der Waals surface area contributed by atoms with Crippen molar-refractivity contribution in [3.05, 3.63) is 22.7 Å². The number of carbonyl (C=O) groups is 1. The smallest absolute Gasteiger partial charge is 0.412 e. The Labute approximate surface area is 101 Å². The highest BCUT2D eigenvalue weighted by atomic mass is 79.9. The van der Waals surface area contributed by atoms with Gasteiger partial charge in [-0.3, -0.25) is 4.90 Å². The standard InChI is InChI=1S/C11H8BrNO3/c1-2-7-6-13(11(14)15)9-5-3-4-8(12)10(9)16-7/h1,3-5,7H,6H2,(H,14,15). The minimum atomic E-state index is -1.04. The Bertz CT molecular complexity index is 481. The summed E-state index contributed by atoms with van der Waals surface area (Å²) in [5.74, 6) is 2.88. The highest BCUT2D eigenvalue weighted by molar-refractivity contribution is 9.10. The van der Waals surface area contributed by atoms with E-state index in [-0.39, 0.29) is 6.54 Å². The lowest BCUT2D eigenvalue weighted by Crippen LogP contribution is -2.42. The van der Waals surface area contributed by atoms with Crippen LogP contribution in [0.4, 0.5) is 10.5 Å². The van der Waals surface area contributed by atoms with Crippen LogP contribution in [0.5, 0.6) is 5.75 Å². The van der Waals surface area contributed by atoms with Gasteiger partial charge in [0.15, 0.2) is 11.9 Å². The van der Waals surface area contributed by atoms with Gasteiger partial charge in [-0.05, 0) is 28.1 Å². The summed E-state index contributed by atoms with van der Waals surface area (Å²) in [6.07, 6.45) is 3.67. The number of nitrogens with zero attached hydrogens (tertiary/aromatic N) is 1. The van der Waals surface area contributed by atoms with Crippen molar-refractivity contribution in [3.8, 4) is 18.1 Å².